The van der Waals surface area contributed by atoms with Crippen LogP contribution in [0.1, 0.15) is 37.3 Å². The number of para-hydroxylation sites is 1. The maximum atomic E-state index is 12.8. The number of benzene rings is 2. The van der Waals surface area contributed by atoms with Crippen LogP contribution in [0.25, 0.3) is 0 Å². The van der Waals surface area contributed by atoms with Gasteiger partial charge in [-0.2, -0.15) is 13.2 Å². The first kappa shape index (κ1) is 25.2. The van der Waals surface area contributed by atoms with E-state index in [-0.39, 0.29) is 30.0 Å². The van der Waals surface area contributed by atoms with E-state index in [1.54, 1.807) is 12.1 Å². The fourth-order valence-electron chi connectivity index (χ4n) is 2.76. The van der Waals surface area contributed by atoms with Crippen LogP contribution in [-0.4, -0.2) is 24.4 Å². The Bertz CT molecular complexity index is 980. The Hall–Kier alpha value is -3.07. The zero-order valence-corrected chi connectivity index (χ0v) is 18.0. The largest absolute Gasteiger partial charge is 0.456 e. The van der Waals surface area contributed by atoms with Crippen LogP contribution in [0.2, 0.25) is 5.02 Å². The van der Waals surface area contributed by atoms with E-state index in [2.05, 4.69) is 10.6 Å². The molecule has 0 saturated heterocycles. The van der Waals surface area contributed by atoms with Gasteiger partial charge in [-0.25, -0.2) is 0 Å². The first-order valence-corrected chi connectivity index (χ1v) is 10.2. The molecule has 2 amide bonds. The fourth-order valence-corrected chi connectivity index (χ4v) is 2.92. The standard InChI is InChI=1S/C22H22ClF3N2O4/c1-2-14-6-3-4-7-17(14)27-20(30)13-32-21(31)9-5-8-19(29)28-18-12-15(22(24,25)26)10-11-16(18)23/h3-4,6-7,10-12H,2,5,8-9,13H2,1H3,(H,27,30)(H,28,29). The van der Waals surface area contributed by atoms with Crippen LogP contribution >= 0.6 is 11.6 Å². The highest BCUT2D eigenvalue weighted by Crippen LogP contribution is 2.33. The van der Waals surface area contributed by atoms with Crippen LogP contribution in [-0.2, 0) is 31.7 Å². The molecule has 0 radical (unpaired) electrons. The Balaban J connectivity index is 1.74. The van der Waals surface area contributed by atoms with Crippen molar-refractivity contribution in [3.05, 3.63) is 58.6 Å². The van der Waals surface area contributed by atoms with E-state index in [0.717, 1.165) is 30.2 Å². The molecule has 0 unspecified atom stereocenters. The van der Waals surface area contributed by atoms with Gasteiger partial charge in [0, 0.05) is 18.5 Å². The van der Waals surface area contributed by atoms with Gasteiger partial charge in [0.1, 0.15) is 0 Å². The van der Waals surface area contributed by atoms with Crippen molar-refractivity contribution in [3.63, 3.8) is 0 Å². The highest BCUT2D eigenvalue weighted by molar-refractivity contribution is 6.33. The molecule has 0 fully saturated rings. The third kappa shape index (κ3) is 7.88. The summed E-state index contributed by atoms with van der Waals surface area (Å²) in [6.45, 7) is 1.48. The van der Waals surface area contributed by atoms with E-state index in [9.17, 15) is 27.6 Å². The van der Waals surface area contributed by atoms with Gasteiger partial charge in [0.15, 0.2) is 6.61 Å². The average molecular weight is 471 g/mol. The summed E-state index contributed by atoms with van der Waals surface area (Å²) in [7, 11) is 0. The summed E-state index contributed by atoms with van der Waals surface area (Å²) in [6.07, 6.45) is -4.04. The Kier molecular flexibility index (Phi) is 9.07. The summed E-state index contributed by atoms with van der Waals surface area (Å²) in [5, 5.41) is 4.92. The van der Waals surface area contributed by atoms with Crippen molar-refractivity contribution in [2.24, 2.45) is 0 Å². The zero-order chi connectivity index (χ0) is 23.7. The number of halogens is 4. The van der Waals surface area contributed by atoms with Gasteiger partial charge in [-0.15, -0.1) is 0 Å². The van der Waals surface area contributed by atoms with Crippen molar-refractivity contribution in [1.82, 2.24) is 0 Å². The Morgan fingerprint density at radius 3 is 2.34 bits per heavy atom. The summed E-state index contributed by atoms with van der Waals surface area (Å²) in [5.74, 6) is -1.77. The molecule has 0 heterocycles. The number of rotatable bonds is 9. The second-order valence-electron chi connectivity index (χ2n) is 6.81. The lowest BCUT2D eigenvalue weighted by Crippen LogP contribution is -2.21. The minimum atomic E-state index is -4.57. The molecule has 2 aromatic rings. The maximum Gasteiger partial charge on any atom is 0.416 e. The maximum absolute atomic E-state index is 12.8. The zero-order valence-electron chi connectivity index (χ0n) is 17.2. The molecule has 2 aromatic carbocycles. The smallest absolute Gasteiger partial charge is 0.416 e. The van der Waals surface area contributed by atoms with Crippen LogP contribution in [0.4, 0.5) is 24.5 Å². The second kappa shape index (κ2) is 11.5. The minimum absolute atomic E-state index is 0.0404. The highest BCUT2D eigenvalue weighted by Gasteiger charge is 2.31. The summed E-state index contributed by atoms with van der Waals surface area (Å²) in [6, 6.07) is 9.84. The van der Waals surface area contributed by atoms with E-state index in [1.807, 2.05) is 19.1 Å². The first-order chi connectivity index (χ1) is 15.1. The van der Waals surface area contributed by atoms with Gasteiger partial charge in [0.2, 0.25) is 5.91 Å². The molecule has 0 aliphatic heterocycles. The first-order valence-electron chi connectivity index (χ1n) is 9.80. The third-order valence-electron chi connectivity index (χ3n) is 4.39. The number of hydrogen-bond acceptors (Lipinski definition) is 4. The Morgan fingerprint density at radius 1 is 0.969 bits per heavy atom. The molecule has 172 valence electrons. The normalized spacial score (nSPS) is 11.0. The SMILES string of the molecule is CCc1ccccc1NC(=O)COC(=O)CCCC(=O)Nc1cc(C(F)(F)F)ccc1Cl. The molecule has 0 atom stereocenters. The molecule has 6 nitrogen and oxygen atoms in total. The van der Waals surface area contributed by atoms with Crippen molar-refractivity contribution in [2.45, 2.75) is 38.8 Å². The molecule has 0 aliphatic rings. The molecule has 2 N–H and O–H groups in total. The predicted octanol–water partition coefficient (Wildman–Crippen LogP) is 5.21. The monoisotopic (exact) mass is 470 g/mol. The number of ether oxygens (including phenoxy) is 1. The van der Waals surface area contributed by atoms with Crippen LogP contribution in [0.3, 0.4) is 0 Å². The van der Waals surface area contributed by atoms with Crippen LogP contribution in [0.5, 0.6) is 0 Å². The van der Waals surface area contributed by atoms with Gasteiger partial charge in [0.25, 0.3) is 5.91 Å². The molecule has 0 saturated carbocycles. The Morgan fingerprint density at radius 2 is 1.66 bits per heavy atom. The molecule has 0 aromatic heterocycles. The number of carbonyl (C=O) groups is 3. The van der Waals surface area contributed by atoms with Crippen molar-refractivity contribution in [1.29, 1.82) is 0 Å². The van der Waals surface area contributed by atoms with E-state index in [1.165, 1.54) is 0 Å². The number of alkyl halides is 3. The van der Waals surface area contributed by atoms with E-state index < -0.39 is 36.1 Å². The van der Waals surface area contributed by atoms with E-state index in [0.29, 0.717) is 5.69 Å². The number of anilines is 2. The van der Waals surface area contributed by atoms with Gasteiger partial charge < -0.3 is 15.4 Å². The minimum Gasteiger partial charge on any atom is -0.456 e. The van der Waals surface area contributed by atoms with Crippen LogP contribution in [0.15, 0.2) is 42.5 Å². The number of aryl methyl sites for hydroxylation is 1. The molecular weight excluding hydrogens is 449 g/mol. The number of hydrogen-bond donors (Lipinski definition) is 2. The molecule has 10 heteroatoms. The topological polar surface area (TPSA) is 84.5 Å². The van der Waals surface area contributed by atoms with Gasteiger partial charge >= 0.3 is 12.1 Å². The summed E-state index contributed by atoms with van der Waals surface area (Å²) in [5.41, 5.74) is 0.471. The quantitative estimate of drug-likeness (QED) is 0.492. The lowest BCUT2D eigenvalue weighted by atomic mass is 10.1. The van der Waals surface area contributed by atoms with Crippen LogP contribution < -0.4 is 10.6 Å². The van der Waals surface area contributed by atoms with Crippen LogP contribution in [0, 0.1) is 0 Å². The lowest BCUT2D eigenvalue weighted by molar-refractivity contribution is -0.147. The predicted molar refractivity (Wildman–Crippen MR) is 114 cm³/mol. The number of nitrogens with one attached hydrogen (secondary N) is 2. The molecule has 0 spiro atoms. The molecule has 2 rings (SSSR count). The molecular formula is C22H22ClF3N2O4. The van der Waals surface area contributed by atoms with Gasteiger partial charge in [-0.1, -0.05) is 36.7 Å². The van der Waals surface area contributed by atoms with Gasteiger partial charge in [0.05, 0.1) is 16.3 Å². The van der Waals surface area contributed by atoms with Crippen molar-refractivity contribution in [3.8, 4) is 0 Å². The van der Waals surface area contributed by atoms with Gasteiger partial charge in [-0.05, 0) is 42.7 Å². The average Bonchev–Trinajstić information content (AvgIpc) is 2.73. The van der Waals surface area contributed by atoms with Crippen molar-refractivity contribution < 1.29 is 32.3 Å². The summed E-state index contributed by atoms with van der Waals surface area (Å²) >= 11 is 5.83. The Labute approximate surface area is 188 Å². The van der Waals surface area contributed by atoms with E-state index in [4.69, 9.17) is 16.3 Å². The lowest BCUT2D eigenvalue weighted by Gasteiger charge is -2.12. The molecule has 0 aliphatic carbocycles. The summed E-state index contributed by atoms with van der Waals surface area (Å²) < 4.78 is 43.2. The van der Waals surface area contributed by atoms with E-state index >= 15 is 0 Å². The molecule has 0 bridgehead atoms. The summed E-state index contributed by atoms with van der Waals surface area (Å²) in [4.78, 5) is 35.7. The fraction of sp³-hybridized carbons (Fsp3) is 0.318. The van der Waals surface area contributed by atoms with Crippen molar-refractivity contribution >= 4 is 40.8 Å². The number of amides is 2. The van der Waals surface area contributed by atoms with Gasteiger partial charge in [-0.3, -0.25) is 14.4 Å². The van der Waals surface area contributed by atoms with Crippen molar-refractivity contribution in [2.75, 3.05) is 17.2 Å². The second-order valence-corrected chi connectivity index (χ2v) is 7.22. The third-order valence-corrected chi connectivity index (χ3v) is 4.72. The number of carbonyl (C=O) groups excluding carboxylic acids is 3. The highest BCUT2D eigenvalue weighted by atomic mass is 35.5. The number of esters is 1. The molecule has 32 heavy (non-hydrogen) atoms.